The quantitative estimate of drug-likeness (QED) is 0.716. The number of hydrogen-bond donors (Lipinski definition) is 3. The van der Waals surface area contributed by atoms with Gasteiger partial charge in [0.25, 0.3) is 0 Å². The van der Waals surface area contributed by atoms with Gasteiger partial charge >= 0.3 is 5.97 Å². The molecule has 2 rings (SSSR count). The van der Waals surface area contributed by atoms with Crippen LogP contribution < -0.4 is 5.32 Å². The Kier molecular flexibility index (Phi) is 3.96. The fourth-order valence-electron chi connectivity index (χ4n) is 2.27. The molecule has 1 aliphatic rings. The number of nitrogens with zero attached hydrogens (tertiary/aromatic N) is 1. The molecule has 1 aromatic heterocycles. The van der Waals surface area contributed by atoms with Crippen molar-refractivity contribution in [3.8, 4) is 0 Å². The van der Waals surface area contributed by atoms with Crippen LogP contribution in [-0.4, -0.2) is 27.2 Å². The van der Waals surface area contributed by atoms with Gasteiger partial charge in [0, 0.05) is 12.0 Å². The van der Waals surface area contributed by atoms with Crippen LogP contribution in [0.1, 0.15) is 49.0 Å². The summed E-state index contributed by atoms with van der Waals surface area (Å²) in [4.78, 5) is 22.7. The molecule has 0 atom stereocenters. The third-order valence-corrected chi connectivity index (χ3v) is 3.29. The zero-order valence-electron chi connectivity index (χ0n) is 10.1. The lowest BCUT2D eigenvalue weighted by molar-refractivity contribution is -0.120. The smallest absolute Gasteiger partial charge is 0.353 e. The molecular weight excluding hydrogens is 234 g/mol. The Morgan fingerprint density at radius 1 is 1.28 bits per heavy atom. The molecule has 1 aromatic rings. The first-order valence-electron chi connectivity index (χ1n) is 6.26. The van der Waals surface area contributed by atoms with E-state index in [1.807, 2.05) is 0 Å². The molecule has 0 unspecified atom stereocenters. The Hall–Kier alpha value is -1.85. The van der Waals surface area contributed by atoms with Crippen LogP contribution in [0.15, 0.2) is 6.07 Å². The van der Waals surface area contributed by atoms with Crippen LogP contribution in [0.5, 0.6) is 0 Å². The molecule has 0 spiro atoms. The van der Waals surface area contributed by atoms with Crippen molar-refractivity contribution in [1.29, 1.82) is 0 Å². The van der Waals surface area contributed by atoms with Crippen LogP contribution in [0.25, 0.3) is 0 Å². The summed E-state index contributed by atoms with van der Waals surface area (Å²) in [5.74, 6) is -0.836. The second kappa shape index (κ2) is 5.66. The number of rotatable bonds is 3. The van der Waals surface area contributed by atoms with Crippen molar-refractivity contribution in [1.82, 2.24) is 10.2 Å². The van der Waals surface area contributed by atoms with Crippen LogP contribution >= 0.6 is 0 Å². The number of carbonyl (C=O) groups is 2. The van der Waals surface area contributed by atoms with E-state index in [4.69, 9.17) is 5.11 Å². The van der Waals surface area contributed by atoms with Crippen molar-refractivity contribution in [3.05, 3.63) is 11.8 Å². The lowest BCUT2D eigenvalue weighted by atomic mass is 9.99. The molecule has 0 radical (unpaired) electrons. The highest BCUT2D eigenvalue weighted by Gasteiger charge is 2.21. The highest BCUT2D eigenvalue weighted by molar-refractivity contribution is 5.93. The summed E-state index contributed by atoms with van der Waals surface area (Å²) in [5, 5.41) is 17.5. The first-order valence-corrected chi connectivity index (χ1v) is 6.26. The fourth-order valence-corrected chi connectivity index (χ4v) is 2.27. The maximum atomic E-state index is 12.0. The second-order valence-corrected chi connectivity index (χ2v) is 4.65. The third-order valence-electron chi connectivity index (χ3n) is 3.29. The molecule has 18 heavy (non-hydrogen) atoms. The molecule has 0 saturated heterocycles. The lowest BCUT2D eigenvalue weighted by Gasteiger charge is -2.12. The van der Waals surface area contributed by atoms with Crippen LogP contribution in [-0.2, 0) is 4.79 Å². The standard InChI is InChI=1S/C12H17N3O3/c16-11(8-5-3-1-2-4-6-8)13-10-7-9(12(17)18)14-15-10/h7-8H,1-6H2,(H,17,18)(H2,13,14,15,16). The predicted octanol–water partition coefficient (Wildman–Crippen LogP) is 2.02. The van der Waals surface area contributed by atoms with E-state index in [0.29, 0.717) is 0 Å². The molecule has 1 fully saturated rings. The molecule has 0 bridgehead atoms. The predicted molar refractivity (Wildman–Crippen MR) is 65.4 cm³/mol. The Morgan fingerprint density at radius 2 is 1.94 bits per heavy atom. The largest absolute Gasteiger partial charge is 0.477 e. The zero-order chi connectivity index (χ0) is 13.0. The Morgan fingerprint density at radius 3 is 2.50 bits per heavy atom. The van der Waals surface area contributed by atoms with Gasteiger partial charge < -0.3 is 10.4 Å². The minimum Gasteiger partial charge on any atom is -0.477 e. The summed E-state index contributed by atoms with van der Waals surface area (Å²) in [5.41, 5.74) is -0.0221. The summed E-state index contributed by atoms with van der Waals surface area (Å²) < 4.78 is 0. The van der Waals surface area contributed by atoms with E-state index in [2.05, 4.69) is 15.5 Å². The summed E-state index contributed by atoms with van der Waals surface area (Å²) >= 11 is 0. The number of H-pyrrole nitrogens is 1. The molecule has 0 aromatic carbocycles. The average molecular weight is 251 g/mol. The fraction of sp³-hybridized carbons (Fsp3) is 0.583. The van der Waals surface area contributed by atoms with Crippen LogP contribution in [0, 0.1) is 5.92 Å². The minimum atomic E-state index is -1.09. The first-order chi connectivity index (χ1) is 8.66. The number of aromatic carboxylic acids is 1. The lowest BCUT2D eigenvalue weighted by Crippen LogP contribution is -2.22. The highest BCUT2D eigenvalue weighted by atomic mass is 16.4. The summed E-state index contributed by atoms with van der Waals surface area (Å²) in [6.45, 7) is 0. The third kappa shape index (κ3) is 3.09. The number of carboxylic acid groups (broad SMARTS) is 1. The van der Waals surface area contributed by atoms with E-state index in [1.54, 1.807) is 0 Å². The van der Waals surface area contributed by atoms with E-state index in [-0.39, 0.29) is 23.3 Å². The van der Waals surface area contributed by atoms with E-state index in [0.717, 1.165) is 25.7 Å². The van der Waals surface area contributed by atoms with Gasteiger partial charge in [0.1, 0.15) is 5.69 Å². The van der Waals surface area contributed by atoms with Gasteiger partial charge in [-0.15, -0.1) is 0 Å². The number of hydrogen-bond acceptors (Lipinski definition) is 3. The summed E-state index contributed by atoms with van der Waals surface area (Å²) in [6, 6.07) is 1.33. The van der Waals surface area contributed by atoms with Gasteiger partial charge in [-0.3, -0.25) is 9.89 Å². The SMILES string of the molecule is O=C(O)c1cc(NC(=O)C2CCCCCC2)n[nH]1. The van der Waals surface area contributed by atoms with E-state index >= 15 is 0 Å². The van der Waals surface area contributed by atoms with Crippen molar-refractivity contribution < 1.29 is 14.7 Å². The Labute approximate surface area is 105 Å². The van der Waals surface area contributed by atoms with Gasteiger partial charge in [-0.2, -0.15) is 5.10 Å². The maximum absolute atomic E-state index is 12.0. The molecular formula is C12H17N3O3. The molecule has 98 valence electrons. The van der Waals surface area contributed by atoms with Crippen molar-refractivity contribution in [2.45, 2.75) is 38.5 Å². The Balaban J connectivity index is 1.94. The van der Waals surface area contributed by atoms with Crippen molar-refractivity contribution in [2.24, 2.45) is 5.92 Å². The second-order valence-electron chi connectivity index (χ2n) is 4.65. The van der Waals surface area contributed by atoms with Gasteiger partial charge in [-0.05, 0) is 12.8 Å². The number of aromatic nitrogens is 2. The van der Waals surface area contributed by atoms with Crippen LogP contribution in [0.2, 0.25) is 0 Å². The van der Waals surface area contributed by atoms with E-state index in [1.165, 1.54) is 18.9 Å². The topological polar surface area (TPSA) is 95.1 Å². The maximum Gasteiger partial charge on any atom is 0.353 e. The van der Waals surface area contributed by atoms with Crippen LogP contribution in [0.4, 0.5) is 5.82 Å². The number of anilines is 1. The molecule has 1 amide bonds. The van der Waals surface area contributed by atoms with E-state index < -0.39 is 5.97 Å². The molecule has 1 heterocycles. The number of amides is 1. The number of aromatic amines is 1. The Bertz CT molecular complexity index is 434. The number of carboxylic acids is 1. The van der Waals surface area contributed by atoms with E-state index in [9.17, 15) is 9.59 Å². The average Bonchev–Trinajstić information content (AvgIpc) is 2.64. The van der Waals surface area contributed by atoms with Crippen molar-refractivity contribution >= 4 is 17.7 Å². The summed E-state index contributed by atoms with van der Waals surface area (Å²) in [6.07, 6.45) is 6.35. The number of nitrogens with one attached hydrogen (secondary N) is 2. The van der Waals surface area contributed by atoms with Crippen molar-refractivity contribution in [3.63, 3.8) is 0 Å². The van der Waals surface area contributed by atoms with Gasteiger partial charge in [-0.25, -0.2) is 4.79 Å². The summed E-state index contributed by atoms with van der Waals surface area (Å²) in [7, 11) is 0. The molecule has 3 N–H and O–H groups in total. The molecule has 0 aliphatic heterocycles. The van der Waals surface area contributed by atoms with Gasteiger partial charge in [0.15, 0.2) is 5.82 Å². The minimum absolute atomic E-state index is 0.0221. The molecule has 1 saturated carbocycles. The van der Waals surface area contributed by atoms with Crippen LogP contribution in [0.3, 0.4) is 0 Å². The molecule has 6 nitrogen and oxygen atoms in total. The zero-order valence-corrected chi connectivity index (χ0v) is 10.1. The monoisotopic (exact) mass is 251 g/mol. The van der Waals surface area contributed by atoms with Gasteiger partial charge in [0.2, 0.25) is 5.91 Å². The number of carbonyl (C=O) groups excluding carboxylic acids is 1. The molecule has 6 heteroatoms. The first kappa shape index (κ1) is 12.6. The highest BCUT2D eigenvalue weighted by Crippen LogP contribution is 2.23. The molecule has 1 aliphatic carbocycles. The van der Waals surface area contributed by atoms with Crippen molar-refractivity contribution in [2.75, 3.05) is 5.32 Å². The normalized spacial score (nSPS) is 17.1. The van der Waals surface area contributed by atoms with Gasteiger partial charge in [0.05, 0.1) is 0 Å². The van der Waals surface area contributed by atoms with Gasteiger partial charge in [-0.1, -0.05) is 25.7 Å².